The van der Waals surface area contributed by atoms with Crippen molar-refractivity contribution in [1.29, 1.82) is 0 Å². The molecule has 0 radical (unpaired) electrons. The molecule has 0 aromatic heterocycles. The van der Waals surface area contributed by atoms with Gasteiger partial charge in [-0.05, 0) is 48.4 Å². The average molecular weight is 359 g/mol. The van der Waals surface area contributed by atoms with Gasteiger partial charge in [0.05, 0.1) is 5.56 Å². The van der Waals surface area contributed by atoms with Crippen molar-refractivity contribution in [2.45, 2.75) is 6.42 Å². The summed E-state index contributed by atoms with van der Waals surface area (Å²) in [5.74, 6) is -0.103. The highest BCUT2D eigenvalue weighted by Gasteiger charge is 2.12. The van der Waals surface area contributed by atoms with Crippen LogP contribution in [0.15, 0.2) is 42.5 Å². The molecule has 1 aliphatic rings. The van der Waals surface area contributed by atoms with Crippen LogP contribution in [-0.2, 0) is 16.0 Å². The molecule has 1 heterocycles. The molecule has 1 aliphatic heterocycles. The molecule has 1 amide bonds. The van der Waals surface area contributed by atoms with Gasteiger partial charge in [0.15, 0.2) is 18.1 Å². The zero-order valence-corrected chi connectivity index (χ0v) is 14.0. The molecule has 26 heavy (non-hydrogen) atoms. The number of hydrogen-bond donors (Lipinski definition) is 1. The van der Waals surface area contributed by atoms with Gasteiger partial charge in [-0.15, -0.1) is 0 Å². The first-order valence-corrected chi connectivity index (χ1v) is 8.20. The highest BCUT2D eigenvalue weighted by molar-refractivity contribution is 5.91. The molecule has 3 rings (SSSR count). The molecule has 0 spiro atoms. The molecular formula is C19H18FNO5. The highest BCUT2D eigenvalue weighted by atomic mass is 19.1. The molecule has 0 saturated carbocycles. The van der Waals surface area contributed by atoms with Gasteiger partial charge in [0.2, 0.25) is 0 Å². The van der Waals surface area contributed by atoms with Crippen LogP contribution in [0.3, 0.4) is 0 Å². The second-order valence-corrected chi connectivity index (χ2v) is 5.66. The van der Waals surface area contributed by atoms with E-state index in [-0.39, 0.29) is 5.56 Å². The van der Waals surface area contributed by atoms with E-state index in [4.69, 9.17) is 14.2 Å². The maximum absolute atomic E-state index is 12.8. The van der Waals surface area contributed by atoms with E-state index < -0.39 is 24.3 Å². The van der Waals surface area contributed by atoms with Gasteiger partial charge in [0.1, 0.15) is 19.0 Å². The van der Waals surface area contributed by atoms with Gasteiger partial charge in [0.25, 0.3) is 5.91 Å². The third-order valence-corrected chi connectivity index (χ3v) is 3.76. The molecule has 0 bridgehead atoms. The van der Waals surface area contributed by atoms with Gasteiger partial charge < -0.3 is 19.5 Å². The average Bonchev–Trinajstić information content (AvgIpc) is 2.66. The number of fused-ring (bicyclic) bond motifs is 1. The normalized spacial score (nSPS) is 12.3. The summed E-state index contributed by atoms with van der Waals surface area (Å²) in [5, 5.41) is 2.68. The number of esters is 1. The SMILES string of the molecule is O=C(COC(=O)c1ccc(F)cc1)NCCc1ccc2c(c1)OCCO2. The number of amides is 1. The van der Waals surface area contributed by atoms with Crippen LogP contribution < -0.4 is 14.8 Å². The van der Waals surface area contributed by atoms with Crippen LogP contribution in [0.2, 0.25) is 0 Å². The van der Waals surface area contributed by atoms with Crippen molar-refractivity contribution in [3.8, 4) is 11.5 Å². The number of nitrogens with one attached hydrogen (secondary N) is 1. The van der Waals surface area contributed by atoms with Crippen molar-refractivity contribution in [3.63, 3.8) is 0 Å². The molecule has 0 atom stereocenters. The maximum atomic E-state index is 12.8. The predicted octanol–water partition coefficient (Wildman–Crippen LogP) is 2.11. The van der Waals surface area contributed by atoms with E-state index in [2.05, 4.69) is 5.32 Å². The van der Waals surface area contributed by atoms with Crippen LogP contribution in [0, 0.1) is 5.82 Å². The molecule has 0 unspecified atom stereocenters. The van der Waals surface area contributed by atoms with Gasteiger partial charge in [-0.3, -0.25) is 4.79 Å². The summed E-state index contributed by atoms with van der Waals surface area (Å²) >= 11 is 0. The fourth-order valence-electron chi connectivity index (χ4n) is 2.44. The van der Waals surface area contributed by atoms with E-state index in [9.17, 15) is 14.0 Å². The predicted molar refractivity (Wildman–Crippen MR) is 90.8 cm³/mol. The van der Waals surface area contributed by atoms with Crippen molar-refractivity contribution < 1.29 is 28.2 Å². The van der Waals surface area contributed by atoms with Gasteiger partial charge in [-0.25, -0.2) is 9.18 Å². The third-order valence-electron chi connectivity index (χ3n) is 3.76. The first-order valence-electron chi connectivity index (χ1n) is 8.20. The van der Waals surface area contributed by atoms with Crippen LogP contribution in [0.5, 0.6) is 11.5 Å². The monoisotopic (exact) mass is 359 g/mol. The Morgan fingerprint density at radius 2 is 1.77 bits per heavy atom. The lowest BCUT2D eigenvalue weighted by Crippen LogP contribution is -2.30. The zero-order valence-electron chi connectivity index (χ0n) is 14.0. The summed E-state index contributed by atoms with van der Waals surface area (Å²) in [7, 11) is 0. The van der Waals surface area contributed by atoms with Crippen molar-refractivity contribution in [2.75, 3.05) is 26.4 Å². The minimum Gasteiger partial charge on any atom is -0.486 e. The molecule has 0 fully saturated rings. The third kappa shape index (κ3) is 4.72. The minimum atomic E-state index is -0.674. The van der Waals surface area contributed by atoms with Gasteiger partial charge in [-0.1, -0.05) is 6.07 Å². The number of halogens is 1. The topological polar surface area (TPSA) is 73.9 Å². The van der Waals surface area contributed by atoms with E-state index in [0.717, 1.165) is 23.4 Å². The molecule has 0 aliphatic carbocycles. The van der Waals surface area contributed by atoms with Crippen LogP contribution in [-0.4, -0.2) is 38.2 Å². The standard InChI is InChI=1S/C19H18FNO5/c20-15-4-2-14(3-5-15)19(23)26-12-18(22)21-8-7-13-1-6-16-17(11-13)25-10-9-24-16/h1-6,11H,7-10,12H2,(H,21,22). The van der Waals surface area contributed by atoms with Crippen molar-refractivity contribution in [1.82, 2.24) is 5.32 Å². The Labute approximate surface area is 149 Å². The molecule has 0 saturated heterocycles. The lowest BCUT2D eigenvalue weighted by molar-refractivity contribution is -0.124. The first-order chi connectivity index (χ1) is 12.6. The minimum absolute atomic E-state index is 0.190. The van der Waals surface area contributed by atoms with Crippen LogP contribution >= 0.6 is 0 Å². The number of benzene rings is 2. The Balaban J connectivity index is 1.40. The van der Waals surface area contributed by atoms with Crippen LogP contribution in [0.25, 0.3) is 0 Å². The fraction of sp³-hybridized carbons (Fsp3) is 0.263. The van der Waals surface area contributed by atoms with Crippen molar-refractivity contribution in [3.05, 3.63) is 59.4 Å². The summed E-state index contributed by atoms with van der Waals surface area (Å²) in [6, 6.07) is 10.6. The molecule has 1 N–H and O–H groups in total. The van der Waals surface area contributed by atoms with E-state index in [0.29, 0.717) is 31.9 Å². The molecule has 2 aromatic rings. The highest BCUT2D eigenvalue weighted by Crippen LogP contribution is 2.30. The van der Waals surface area contributed by atoms with Gasteiger partial charge in [0, 0.05) is 6.54 Å². The Kier molecular flexibility index (Phi) is 5.68. The number of carbonyl (C=O) groups excluding carboxylic acids is 2. The molecule has 136 valence electrons. The first kappa shape index (κ1) is 17.7. The largest absolute Gasteiger partial charge is 0.486 e. The Morgan fingerprint density at radius 3 is 2.54 bits per heavy atom. The van der Waals surface area contributed by atoms with Crippen LogP contribution in [0.4, 0.5) is 4.39 Å². The fourth-order valence-corrected chi connectivity index (χ4v) is 2.44. The Bertz CT molecular complexity index is 791. The zero-order chi connectivity index (χ0) is 18.4. The van der Waals surface area contributed by atoms with Crippen molar-refractivity contribution >= 4 is 11.9 Å². The van der Waals surface area contributed by atoms with Crippen molar-refractivity contribution in [2.24, 2.45) is 0 Å². The summed E-state index contributed by atoms with van der Waals surface area (Å²) in [6.45, 7) is 1.07. The lowest BCUT2D eigenvalue weighted by Gasteiger charge is -2.18. The summed E-state index contributed by atoms with van der Waals surface area (Å²) < 4.78 is 28.7. The summed E-state index contributed by atoms with van der Waals surface area (Å²) in [5.41, 5.74) is 1.19. The number of carbonyl (C=O) groups is 2. The summed E-state index contributed by atoms with van der Waals surface area (Å²) in [4.78, 5) is 23.5. The van der Waals surface area contributed by atoms with Gasteiger partial charge >= 0.3 is 5.97 Å². The lowest BCUT2D eigenvalue weighted by atomic mass is 10.1. The molecule has 6 nitrogen and oxygen atoms in total. The van der Waals surface area contributed by atoms with E-state index >= 15 is 0 Å². The number of hydrogen-bond acceptors (Lipinski definition) is 5. The molecular weight excluding hydrogens is 341 g/mol. The number of ether oxygens (including phenoxy) is 3. The number of rotatable bonds is 6. The molecule has 2 aromatic carbocycles. The Morgan fingerprint density at radius 1 is 1.04 bits per heavy atom. The Hall–Kier alpha value is -3.09. The quantitative estimate of drug-likeness (QED) is 0.800. The van der Waals surface area contributed by atoms with E-state index in [1.54, 1.807) is 0 Å². The second kappa shape index (κ2) is 8.33. The maximum Gasteiger partial charge on any atom is 0.338 e. The van der Waals surface area contributed by atoms with E-state index in [1.807, 2.05) is 18.2 Å². The molecule has 7 heteroatoms. The summed E-state index contributed by atoms with van der Waals surface area (Å²) in [6.07, 6.45) is 0.605. The smallest absolute Gasteiger partial charge is 0.338 e. The van der Waals surface area contributed by atoms with Gasteiger partial charge in [-0.2, -0.15) is 0 Å². The second-order valence-electron chi connectivity index (χ2n) is 5.66. The van der Waals surface area contributed by atoms with E-state index in [1.165, 1.54) is 12.1 Å². The van der Waals surface area contributed by atoms with Crippen LogP contribution in [0.1, 0.15) is 15.9 Å².